The molecule has 2 N–H and O–H groups in total. The molecule has 0 saturated heterocycles. The van der Waals surface area contributed by atoms with Crippen LogP contribution in [-0.2, 0) is 23.2 Å². The first-order valence-corrected chi connectivity index (χ1v) is 13.0. The van der Waals surface area contributed by atoms with E-state index in [2.05, 4.69) is 10.1 Å². The van der Waals surface area contributed by atoms with Crippen LogP contribution in [0, 0.1) is 11.6 Å². The molecule has 0 saturated carbocycles. The smallest absolute Gasteiger partial charge is 0.461 e. The minimum Gasteiger partial charge on any atom is -0.480 e. The van der Waals surface area contributed by atoms with Crippen LogP contribution in [-0.4, -0.2) is 29.7 Å². The Bertz CT molecular complexity index is 1470. The van der Waals surface area contributed by atoms with Gasteiger partial charge >= 0.3 is 18.5 Å². The highest BCUT2D eigenvalue weighted by atomic mass is 19.3. The van der Waals surface area contributed by atoms with Crippen molar-refractivity contribution < 1.29 is 41.0 Å². The van der Waals surface area contributed by atoms with Gasteiger partial charge in [0.05, 0.1) is 5.54 Å². The van der Waals surface area contributed by atoms with Gasteiger partial charge < -0.3 is 9.84 Å². The van der Waals surface area contributed by atoms with E-state index in [1.165, 1.54) is 12.1 Å². The van der Waals surface area contributed by atoms with E-state index in [-0.39, 0.29) is 24.0 Å². The summed E-state index contributed by atoms with van der Waals surface area (Å²) in [7, 11) is 0. The number of rotatable bonds is 13. The van der Waals surface area contributed by atoms with Crippen LogP contribution >= 0.6 is 0 Å². The number of ether oxygens (including phenoxy) is 1. The summed E-state index contributed by atoms with van der Waals surface area (Å²) in [5.74, 6) is -3.84. The number of hydrogen-bond donors (Lipinski definition) is 2. The number of carbonyl (C=O) groups is 1. The molecule has 2 atom stereocenters. The van der Waals surface area contributed by atoms with E-state index in [0.29, 0.717) is 18.1 Å². The number of carboxylic acid groups (broad SMARTS) is 1. The average Bonchev–Trinajstić information content (AvgIpc) is 2.95. The molecule has 0 bridgehead atoms. The third-order valence-corrected chi connectivity index (χ3v) is 6.80. The van der Waals surface area contributed by atoms with E-state index >= 15 is 4.39 Å². The van der Waals surface area contributed by atoms with E-state index in [9.17, 15) is 31.9 Å². The lowest BCUT2D eigenvalue weighted by Gasteiger charge is -2.39. The highest BCUT2D eigenvalue weighted by Gasteiger charge is 2.45. The Kier molecular flexibility index (Phi) is 9.57. The summed E-state index contributed by atoms with van der Waals surface area (Å²) in [6.07, 6.45) is -8.76. The van der Waals surface area contributed by atoms with Crippen LogP contribution in [0.1, 0.15) is 28.7 Å². The van der Waals surface area contributed by atoms with Gasteiger partial charge in [0.25, 0.3) is 0 Å². The molecular formula is C32H27F6NO3. The van der Waals surface area contributed by atoms with Crippen molar-refractivity contribution in [2.75, 3.05) is 0 Å². The molecule has 0 aliphatic heterocycles. The van der Waals surface area contributed by atoms with Crippen LogP contribution in [0.3, 0.4) is 0 Å². The van der Waals surface area contributed by atoms with Gasteiger partial charge in [-0.05, 0) is 65.8 Å². The van der Waals surface area contributed by atoms with Gasteiger partial charge in [0.2, 0.25) is 0 Å². The summed E-state index contributed by atoms with van der Waals surface area (Å²) in [5.41, 5.74) is -0.00234. The van der Waals surface area contributed by atoms with E-state index in [4.69, 9.17) is 0 Å². The average molecular weight is 588 g/mol. The van der Waals surface area contributed by atoms with E-state index < -0.39 is 47.5 Å². The molecule has 0 amide bonds. The van der Waals surface area contributed by atoms with Crippen molar-refractivity contribution in [3.63, 3.8) is 0 Å². The molecule has 10 heteroatoms. The van der Waals surface area contributed by atoms with Gasteiger partial charge in [0, 0.05) is 6.07 Å². The summed E-state index contributed by atoms with van der Waals surface area (Å²) in [4.78, 5) is 12.6. The van der Waals surface area contributed by atoms with Gasteiger partial charge in [-0.25, -0.2) is 8.78 Å². The second-order valence-corrected chi connectivity index (χ2v) is 9.77. The Labute approximate surface area is 238 Å². The maximum absolute atomic E-state index is 15.0. The molecule has 220 valence electrons. The minimum absolute atomic E-state index is 0.0529. The standard InChI is InChI=1S/C32H27F6NO3/c33-25-14-12-23(13-15-25)31(20-22-9-5-2-6-10-22,39-28(29(40)41)16-11-21-7-3-1-4-8-21)24-17-26(34)19-27(18-24)42-32(37,38)30(35)36/h1-10,12-15,17-19,28,30,39H,11,16,20H2,(H,40,41)/t28?,31-/m1/s1. The lowest BCUT2D eigenvalue weighted by molar-refractivity contribution is -0.253. The molecular weight excluding hydrogens is 560 g/mol. The first kappa shape index (κ1) is 30.6. The van der Waals surface area contributed by atoms with E-state index in [0.717, 1.165) is 29.8 Å². The van der Waals surface area contributed by atoms with Crippen molar-refractivity contribution in [2.24, 2.45) is 0 Å². The molecule has 0 heterocycles. The van der Waals surface area contributed by atoms with E-state index in [1.54, 1.807) is 42.5 Å². The highest BCUT2D eigenvalue weighted by molar-refractivity contribution is 5.74. The fourth-order valence-electron chi connectivity index (χ4n) is 4.81. The first-order chi connectivity index (χ1) is 20.0. The fourth-order valence-corrected chi connectivity index (χ4v) is 4.81. The lowest BCUT2D eigenvalue weighted by atomic mass is 9.77. The predicted molar refractivity (Wildman–Crippen MR) is 145 cm³/mol. The normalized spacial score (nSPS) is 13.9. The lowest BCUT2D eigenvalue weighted by Crippen LogP contribution is -2.53. The van der Waals surface area contributed by atoms with Gasteiger partial charge in [-0.2, -0.15) is 17.6 Å². The predicted octanol–water partition coefficient (Wildman–Crippen LogP) is 7.36. The molecule has 1 unspecified atom stereocenters. The van der Waals surface area contributed by atoms with Crippen LogP contribution in [0.4, 0.5) is 26.3 Å². The number of benzene rings is 4. The third-order valence-electron chi connectivity index (χ3n) is 6.80. The zero-order valence-corrected chi connectivity index (χ0v) is 22.1. The molecule has 0 aliphatic rings. The topological polar surface area (TPSA) is 58.6 Å². The van der Waals surface area contributed by atoms with Crippen molar-refractivity contribution in [2.45, 2.75) is 43.4 Å². The maximum Gasteiger partial charge on any atom is 0.461 e. The number of halogens is 6. The molecule has 0 radical (unpaired) electrons. The number of aliphatic carboxylic acids is 1. The molecule has 0 aliphatic carbocycles. The van der Waals surface area contributed by atoms with Crippen LogP contribution in [0.25, 0.3) is 0 Å². The highest BCUT2D eigenvalue weighted by Crippen LogP contribution is 2.38. The number of aryl methyl sites for hydroxylation is 1. The zero-order valence-electron chi connectivity index (χ0n) is 22.1. The zero-order chi connectivity index (χ0) is 30.3. The monoisotopic (exact) mass is 587 g/mol. The van der Waals surface area contributed by atoms with Gasteiger partial charge in [0.15, 0.2) is 0 Å². The molecule has 0 aromatic heterocycles. The van der Waals surface area contributed by atoms with Crippen LogP contribution in [0.15, 0.2) is 103 Å². The molecule has 4 aromatic rings. The second-order valence-electron chi connectivity index (χ2n) is 9.77. The summed E-state index contributed by atoms with van der Waals surface area (Å²) in [5, 5.41) is 13.3. The SMILES string of the molecule is O=C(O)C(CCc1ccccc1)N[C@](Cc1ccccc1)(c1ccc(F)cc1)c1cc(F)cc(OC(F)(F)C(F)F)c1. The molecule has 0 fully saturated rings. The Balaban J connectivity index is 1.89. The molecule has 42 heavy (non-hydrogen) atoms. The summed E-state index contributed by atoms with van der Waals surface area (Å²) in [6, 6.07) is 23.9. The molecule has 0 spiro atoms. The number of hydrogen-bond acceptors (Lipinski definition) is 3. The van der Waals surface area contributed by atoms with Gasteiger partial charge in [-0.3, -0.25) is 10.1 Å². The summed E-state index contributed by atoms with van der Waals surface area (Å²) < 4.78 is 86.8. The second kappa shape index (κ2) is 13.1. The quantitative estimate of drug-likeness (QED) is 0.161. The number of carboxylic acids is 1. The Morgan fingerprint density at radius 1 is 0.786 bits per heavy atom. The molecule has 4 aromatic carbocycles. The minimum atomic E-state index is -4.92. The Morgan fingerprint density at radius 3 is 1.95 bits per heavy atom. The number of nitrogens with one attached hydrogen (secondary N) is 1. The Hall–Kier alpha value is -4.31. The van der Waals surface area contributed by atoms with Crippen molar-refractivity contribution in [1.82, 2.24) is 5.32 Å². The molecule has 4 rings (SSSR count). The van der Waals surface area contributed by atoms with Crippen molar-refractivity contribution in [1.29, 1.82) is 0 Å². The van der Waals surface area contributed by atoms with Crippen molar-refractivity contribution in [3.8, 4) is 5.75 Å². The Morgan fingerprint density at radius 2 is 1.38 bits per heavy atom. The largest absolute Gasteiger partial charge is 0.480 e. The first-order valence-electron chi connectivity index (χ1n) is 13.0. The summed E-state index contributed by atoms with van der Waals surface area (Å²) >= 11 is 0. The molecule has 4 nitrogen and oxygen atoms in total. The van der Waals surface area contributed by atoms with Gasteiger partial charge in [0.1, 0.15) is 23.4 Å². The number of alkyl halides is 4. The maximum atomic E-state index is 15.0. The van der Waals surface area contributed by atoms with Crippen molar-refractivity contribution >= 4 is 5.97 Å². The third kappa shape index (κ3) is 7.50. The van der Waals surface area contributed by atoms with Crippen LogP contribution < -0.4 is 10.1 Å². The summed E-state index contributed by atoms with van der Waals surface area (Å²) in [6.45, 7) is 0. The fraction of sp³-hybridized carbons (Fsp3) is 0.219. The van der Waals surface area contributed by atoms with Gasteiger partial charge in [-0.15, -0.1) is 0 Å². The van der Waals surface area contributed by atoms with Crippen LogP contribution in [0.5, 0.6) is 5.75 Å². The van der Waals surface area contributed by atoms with Gasteiger partial charge in [-0.1, -0.05) is 72.8 Å². The van der Waals surface area contributed by atoms with Crippen LogP contribution in [0.2, 0.25) is 0 Å². The van der Waals surface area contributed by atoms with Crippen molar-refractivity contribution in [3.05, 3.63) is 137 Å². The van der Waals surface area contributed by atoms with E-state index in [1.807, 2.05) is 18.2 Å².